The first-order chi connectivity index (χ1) is 19.0. The summed E-state index contributed by atoms with van der Waals surface area (Å²) in [5.41, 5.74) is 0.571. The van der Waals surface area contributed by atoms with Crippen LogP contribution in [0.4, 0.5) is 27.6 Å². The molecule has 4 rings (SSSR count). The highest BCUT2D eigenvalue weighted by atomic mass is 19.4. The minimum Gasteiger partial charge on any atom is -0.489 e. The summed E-state index contributed by atoms with van der Waals surface area (Å²) >= 11 is 0. The van der Waals surface area contributed by atoms with Gasteiger partial charge >= 0.3 is 12.1 Å². The molecule has 1 N–H and O–H groups in total. The maximum Gasteiger partial charge on any atom is 0.416 e. The number of anilines is 1. The topological polar surface area (TPSA) is 64.6 Å². The number of ether oxygens (including phenoxy) is 2. The van der Waals surface area contributed by atoms with Crippen LogP contribution in [0.3, 0.4) is 0 Å². The van der Waals surface area contributed by atoms with E-state index in [0.717, 1.165) is 24.3 Å². The number of carbonyl (C=O) groups excluding carboxylic acids is 2. The van der Waals surface area contributed by atoms with Crippen LogP contribution in [0.5, 0.6) is 5.75 Å². The molecule has 4 aromatic carbocycles. The van der Waals surface area contributed by atoms with Gasteiger partial charge < -0.3 is 14.8 Å². The Hall–Kier alpha value is -4.73. The maximum absolute atomic E-state index is 14.1. The van der Waals surface area contributed by atoms with Gasteiger partial charge in [0.15, 0.2) is 0 Å². The van der Waals surface area contributed by atoms with Crippen LogP contribution in [-0.2, 0) is 22.3 Å². The maximum atomic E-state index is 14.1. The Morgan fingerprint density at radius 3 is 2.23 bits per heavy atom. The molecule has 0 fully saturated rings. The van der Waals surface area contributed by atoms with E-state index in [1.807, 2.05) is 0 Å². The number of hydrogen-bond acceptors (Lipinski definition) is 4. The van der Waals surface area contributed by atoms with Crippen LogP contribution in [0.25, 0.3) is 22.3 Å². The lowest BCUT2D eigenvalue weighted by Crippen LogP contribution is -2.09. The molecule has 206 valence electrons. The van der Waals surface area contributed by atoms with Crippen molar-refractivity contribution in [3.8, 4) is 28.0 Å². The molecule has 5 nitrogen and oxygen atoms in total. The molecule has 0 spiro atoms. The Morgan fingerprint density at radius 2 is 1.57 bits per heavy atom. The zero-order chi connectivity index (χ0) is 29.0. The van der Waals surface area contributed by atoms with Gasteiger partial charge in [0.2, 0.25) is 5.91 Å². The van der Waals surface area contributed by atoms with Gasteiger partial charge in [0.1, 0.15) is 24.0 Å². The van der Waals surface area contributed by atoms with Crippen molar-refractivity contribution in [2.24, 2.45) is 0 Å². The fourth-order valence-electron chi connectivity index (χ4n) is 4.11. The highest BCUT2D eigenvalue weighted by Gasteiger charge is 2.32. The standard InChI is InChI=1S/C30H22F5NO4/c1-17(37)36-22-9-10-26(27(15-22)29(38)39-2)25-6-4-3-5-24(25)19-11-20(30(33,34)35)13-23(12-19)40-16-18-7-8-21(31)14-28(18)32/h3-15H,16H2,1-2H3,(H,36,37). The number of rotatable bonds is 7. The molecule has 0 saturated carbocycles. The number of methoxy groups -OCH3 is 1. The summed E-state index contributed by atoms with van der Waals surface area (Å²) in [6, 6.07) is 16.9. The van der Waals surface area contributed by atoms with Crippen LogP contribution in [-0.4, -0.2) is 19.0 Å². The molecule has 0 heterocycles. The van der Waals surface area contributed by atoms with E-state index in [2.05, 4.69) is 5.32 Å². The number of carbonyl (C=O) groups is 2. The molecule has 0 radical (unpaired) electrons. The molecule has 0 saturated heterocycles. The molecular formula is C30H22F5NO4. The average molecular weight is 555 g/mol. The second-order valence-electron chi connectivity index (χ2n) is 8.75. The van der Waals surface area contributed by atoms with Crippen LogP contribution in [0.1, 0.15) is 28.4 Å². The van der Waals surface area contributed by atoms with Crippen LogP contribution in [0, 0.1) is 11.6 Å². The molecule has 0 bridgehead atoms. The minimum absolute atomic E-state index is 0.0391. The predicted octanol–water partition coefficient (Wildman–Crippen LogP) is 7.64. The van der Waals surface area contributed by atoms with Crippen LogP contribution >= 0.6 is 0 Å². The van der Waals surface area contributed by atoms with Gasteiger partial charge in [0.05, 0.1) is 18.2 Å². The van der Waals surface area contributed by atoms with Gasteiger partial charge in [0.25, 0.3) is 0 Å². The van der Waals surface area contributed by atoms with Crippen molar-refractivity contribution >= 4 is 17.6 Å². The summed E-state index contributed by atoms with van der Waals surface area (Å²) < 4.78 is 79.3. The van der Waals surface area contributed by atoms with Gasteiger partial charge in [-0.1, -0.05) is 30.3 Å². The van der Waals surface area contributed by atoms with Crippen molar-refractivity contribution in [2.75, 3.05) is 12.4 Å². The molecule has 1 amide bonds. The Bertz CT molecular complexity index is 1580. The summed E-state index contributed by atoms with van der Waals surface area (Å²) in [4.78, 5) is 24.2. The Kier molecular flexibility index (Phi) is 8.18. The largest absolute Gasteiger partial charge is 0.489 e. The monoisotopic (exact) mass is 555 g/mol. The molecule has 0 unspecified atom stereocenters. The smallest absolute Gasteiger partial charge is 0.416 e. The number of amides is 1. The molecule has 0 aliphatic carbocycles. The second kappa shape index (κ2) is 11.6. The number of alkyl halides is 3. The van der Waals surface area contributed by atoms with Gasteiger partial charge in [-0.15, -0.1) is 0 Å². The van der Waals surface area contributed by atoms with Crippen molar-refractivity contribution in [3.05, 3.63) is 107 Å². The summed E-state index contributed by atoms with van der Waals surface area (Å²) in [7, 11) is 1.18. The SMILES string of the molecule is COC(=O)c1cc(NC(C)=O)ccc1-c1ccccc1-c1cc(OCc2ccc(F)cc2F)cc(C(F)(F)F)c1. The summed E-state index contributed by atoms with van der Waals surface area (Å²) in [6.07, 6.45) is -4.73. The number of halogens is 5. The van der Waals surface area contributed by atoms with E-state index in [0.29, 0.717) is 28.4 Å². The normalized spacial score (nSPS) is 11.2. The third-order valence-corrected chi connectivity index (χ3v) is 5.92. The Morgan fingerprint density at radius 1 is 0.850 bits per heavy atom. The number of benzene rings is 4. The number of nitrogens with one attached hydrogen (secondary N) is 1. The van der Waals surface area contributed by atoms with Crippen LogP contribution in [0.15, 0.2) is 78.9 Å². The van der Waals surface area contributed by atoms with E-state index < -0.39 is 36.0 Å². The van der Waals surface area contributed by atoms with E-state index in [4.69, 9.17) is 9.47 Å². The molecule has 0 aliphatic rings. The molecule has 10 heteroatoms. The van der Waals surface area contributed by atoms with Crippen molar-refractivity contribution in [1.82, 2.24) is 0 Å². The molecule has 40 heavy (non-hydrogen) atoms. The van der Waals surface area contributed by atoms with Crippen LogP contribution in [0.2, 0.25) is 0 Å². The summed E-state index contributed by atoms with van der Waals surface area (Å²) in [5, 5.41) is 2.58. The Labute approximate surface area is 226 Å². The van der Waals surface area contributed by atoms with E-state index in [1.165, 1.54) is 26.2 Å². The number of esters is 1. The number of hydrogen-bond donors (Lipinski definition) is 1. The third kappa shape index (κ3) is 6.45. The lowest BCUT2D eigenvalue weighted by atomic mass is 9.90. The second-order valence-corrected chi connectivity index (χ2v) is 8.75. The molecular weight excluding hydrogens is 533 g/mol. The molecule has 0 atom stereocenters. The van der Waals surface area contributed by atoms with Crippen molar-refractivity contribution < 1.29 is 41.0 Å². The Balaban J connectivity index is 1.82. The fraction of sp³-hybridized carbons (Fsp3) is 0.133. The zero-order valence-corrected chi connectivity index (χ0v) is 21.2. The van der Waals surface area contributed by atoms with Crippen molar-refractivity contribution in [2.45, 2.75) is 19.7 Å². The zero-order valence-electron chi connectivity index (χ0n) is 21.2. The van der Waals surface area contributed by atoms with Gasteiger partial charge in [-0.25, -0.2) is 13.6 Å². The van der Waals surface area contributed by atoms with E-state index in [-0.39, 0.29) is 28.3 Å². The third-order valence-electron chi connectivity index (χ3n) is 5.92. The quantitative estimate of drug-likeness (QED) is 0.188. The molecule has 0 aromatic heterocycles. The predicted molar refractivity (Wildman–Crippen MR) is 139 cm³/mol. The highest BCUT2D eigenvalue weighted by Crippen LogP contribution is 2.40. The first-order valence-corrected chi connectivity index (χ1v) is 11.8. The minimum atomic E-state index is -4.73. The molecule has 0 aliphatic heterocycles. The summed E-state index contributed by atoms with van der Waals surface area (Å²) in [5.74, 6) is -2.96. The molecule has 4 aromatic rings. The van der Waals surface area contributed by atoms with Gasteiger partial charge in [-0.05, 0) is 64.7 Å². The van der Waals surface area contributed by atoms with E-state index >= 15 is 0 Å². The van der Waals surface area contributed by atoms with Gasteiger partial charge in [-0.3, -0.25) is 4.79 Å². The van der Waals surface area contributed by atoms with E-state index in [9.17, 15) is 31.5 Å². The lowest BCUT2D eigenvalue weighted by Gasteiger charge is -2.17. The average Bonchev–Trinajstić information content (AvgIpc) is 2.91. The van der Waals surface area contributed by atoms with Crippen molar-refractivity contribution in [1.29, 1.82) is 0 Å². The summed E-state index contributed by atoms with van der Waals surface area (Å²) in [6.45, 7) is 0.865. The first kappa shape index (κ1) is 28.3. The van der Waals surface area contributed by atoms with Crippen molar-refractivity contribution in [3.63, 3.8) is 0 Å². The van der Waals surface area contributed by atoms with Crippen LogP contribution < -0.4 is 10.1 Å². The lowest BCUT2D eigenvalue weighted by molar-refractivity contribution is -0.137. The van der Waals surface area contributed by atoms with Gasteiger partial charge in [0, 0.05) is 24.2 Å². The fourth-order valence-corrected chi connectivity index (χ4v) is 4.11. The van der Waals surface area contributed by atoms with Gasteiger partial charge in [-0.2, -0.15) is 13.2 Å². The van der Waals surface area contributed by atoms with E-state index in [1.54, 1.807) is 36.4 Å². The first-order valence-electron chi connectivity index (χ1n) is 11.8. The highest BCUT2D eigenvalue weighted by molar-refractivity contribution is 6.02.